The number of hydrogen-bond donors (Lipinski definition) is 3. The standard InChI is InChI=1S/C8H18O3/c1-7(5-10)8(6-11)3-2-4-9/h7-11H,2-6H2,1H3. The maximum atomic E-state index is 8.86. The van der Waals surface area contributed by atoms with Crippen LogP contribution in [0.3, 0.4) is 0 Å². The zero-order valence-corrected chi connectivity index (χ0v) is 7.03. The van der Waals surface area contributed by atoms with Gasteiger partial charge in [0, 0.05) is 19.8 Å². The Morgan fingerprint density at radius 1 is 1.09 bits per heavy atom. The smallest absolute Gasteiger partial charge is 0.0462 e. The molecular weight excluding hydrogens is 144 g/mol. The third-order valence-electron chi connectivity index (χ3n) is 2.06. The van der Waals surface area contributed by atoms with Crippen molar-refractivity contribution in [1.29, 1.82) is 0 Å². The summed E-state index contributed by atoms with van der Waals surface area (Å²) >= 11 is 0. The molecule has 2 atom stereocenters. The Hall–Kier alpha value is -0.120. The van der Waals surface area contributed by atoms with E-state index < -0.39 is 0 Å². The van der Waals surface area contributed by atoms with Crippen LogP contribution in [0.1, 0.15) is 19.8 Å². The average Bonchev–Trinajstić information content (AvgIpc) is 2.05. The molecule has 0 saturated heterocycles. The van der Waals surface area contributed by atoms with Crippen molar-refractivity contribution in [3.63, 3.8) is 0 Å². The van der Waals surface area contributed by atoms with Crippen molar-refractivity contribution in [3.8, 4) is 0 Å². The molecule has 11 heavy (non-hydrogen) atoms. The molecule has 2 unspecified atom stereocenters. The molecule has 0 spiro atoms. The second-order valence-electron chi connectivity index (χ2n) is 2.97. The van der Waals surface area contributed by atoms with Gasteiger partial charge in [0.2, 0.25) is 0 Å². The maximum absolute atomic E-state index is 8.86. The van der Waals surface area contributed by atoms with Crippen LogP contribution in [0.2, 0.25) is 0 Å². The summed E-state index contributed by atoms with van der Waals surface area (Å²) in [5.74, 6) is 0.263. The van der Waals surface area contributed by atoms with Gasteiger partial charge in [-0.25, -0.2) is 0 Å². The van der Waals surface area contributed by atoms with Crippen molar-refractivity contribution in [3.05, 3.63) is 0 Å². The first-order chi connectivity index (χ1) is 5.26. The molecule has 0 saturated carbocycles. The van der Waals surface area contributed by atoms with Crippen LogP contribution >= 0.6 is 0 Å². The van der Waals surface area contributed by atoms with Crippen molar-refractivity contribution < 1.29 is 15.3 Å². The third kappa shape index (κ3) is 4.35. The van der Waals surface area contributed by atoms with E-state index in [4.69, 9.17) is 15.3 Å². The molecular formula is C8H18O3. The van der Waals surface area contributed by atoms with Gasteiger partial charge >= 0.3 is 0 Å². The molecule has 0 aliphatic carbocycles. The monoisotopic (exact) mass is 162 g/mol. The van der Waals surface area contributed by atoms with Crippen LogP contribution < -0.4 is 0 Å². The molecule has 68 valence electrons. The van der Waals surface area contributed by atoms with Crippen molar-refractivity contribution in [2.45, 2.75) is 19.8 Å². The third-order valence-corrected chi connectivity index (χ3v) is 2.06. The van der Waals surface area contributed by atoms with Crippen LogP contribution in [0.4, 0.5) is 0 Å². The molecule has 0 heterocycles. The predicted molar refractivity (Wildman–Crippen MR) is 43.1 cm³/mol. The molecule has 0 radical (unpaired) electrons. The van der Waals surface area contributed by atoms with Gasteiger partial charge in [-0.1, -0.05) is 6.92 Å². The second kappa shape index (κ2) is 6.58. The first-order valence-corrected chi connectivity index (χ1v) is 4.08. The zero-order valence-electron chi connectivity index (χ0n) is 7.03. The topological polar surface area (TPSA) is 60.7 Å². The van der Waals surface area contributed by atoms with Crippen LogP contribution in [-0.2, 0) is 0 Å². The van der Waals surface area contributed by atoms with Gasteiger partial charge in [0.1, 0.15) is 0 Å². The van der Waals surface area contributed by atoms with E-state index in [1.54, 1.807) is 0 Å². The first kappa shape index (κ1) is 10.9. The molecule has 3 nitrogen and oxygen atoms in total. The highest BCUT2D eigenvalue weighted by Crippen LogP contribution is 2.15. The molecule has 0 aliphatic rings. The van der Waals surface area contributed by atoms with Crippen molar-refractivity contribution in [1.82, 2.24) is 0 Å². The highest BCUT2D eigenvalue weighted by Gasteiger charge is 2.14. The van der Waals surface area contributed by atoms with Crippen LogP contribution in [-0.4, -0.2) is 35.1 Å². The summed E-state index contributed by atoms with van der Waals surface area (Å²) in [6, 6.07) is 0. The summed E-state index contributed by atoms with van der Waals surface area (Å²) in [7, 11) is 0. The quantitative estimate of drug-likeness (QED) is 0.515. The summed E-state index contributed by atoms with van der Waals surface area (Å²) in [6.07, 6.45) is 1.49. The van der Waals surface area contributed by atoms with E-state index in [1.165, 1.54) is 0 Å². The summed E-state index contributed by atoms with van der Waals surface area (Å²) in [5.41, 5.74) is 0. The fraction of sp³-hybridized carbons (Fsp3) is 1.00. The molecule has 0 amide bonds. The number of hydrogen-bond acceptors (Lipinski definition) is 3. The van der Waals surface area contributed by atoms with Crippen molar-refractivity contribution in [2.75, 3.05) is 19.8 Å². The molecule has 0 aromatic carbocycles. The number of aliphatic hydroxyl groups excluding tert-OH is 3. The van der Waals surface area contributed by atoms with Crippen LogP contribution in [0, 0.1) is 11.8 Å². The lowest BCUT2D eigenvalue weighted by Crippen LogP contribution is -2.19. The molecule has 0 aromatic rings. The summed E-state index contributed by atoms with van der Waals surface area (Å²) < 4.78 is 0. The number of aliphatic hydroxyl groups is 3. The Bertz CT molecular complexity index is 85.4. The normalized spacial score (nSPS) is 16.4. The van der Waals surface area contributed by atoms with Crippen LogP contribution in [0.15, 0.2) is 0 Å². The van der Waals surface area contributed by atoms with Crippen molar-refractivity contribution in [2.24, 2.45) is 11.8 Å². The van der Waals surface area contributed by atoms with E-state index in [2.05, 4.69) is 0 Å². The molecule has 0 fully saturated rings. The highest BCUT2D eigenvalue weighted by atomic mass is 16.3. The van der Waals surface area contributed by atoms with Gasteiger partial charge in [0.25, 0.3) is 0 Å². The zero-order chi connectivity index (χ0) is 8.69. The Morgan fingerprint density at radius 2 is 1.73 bits per heavy atom. The van der Waals surface area contributed by atoms with Gasteiger partial charge in [0.15, 0.2) is 0 Å². The van der Waals surface area contributed by atoms with Gasteiger partial charge in [-0.15, -0.1) is 0 Å². The van der Waals surface area contributed by atoms with Gasteiger partial charge in [-0.3, -0.25) is 0 Å². The van der Waals surface area contributed by atoms with Gasteiger partial charge in [-0.05, 0) is 24.7 Å². The Balaban J connectivity index is 3.56. The average molecular weight is 162 g/mol. The second-order valence-corrected chi connectivity index (χ2v) is 2.97. The van der Waals surface area contributed by atoms with E-state index in [9.17, 15) is 0 Å². The fourth-order valence-corrected chi connectivity index (χ4v) is 1.06. The maximum Gasteiger partial charge on any atom is 0.0462 e. The fourth-order valence-electron chi connectivity index (χ4n) is 1.06. The molecule has 3 heteroatoms. The van der Waals surface area contributed by atoms with Gasteiger partial charge in [0.05, 0.1) is 0 Å². The first-order valence-electron chi connectivity index (χ1n) is 4.08. The van der Waals surface area contributed by atoms with E-state index in [0.717, 1.165) is 6.42 Å². The summed E-state index contributed by atoms with van der Waals surface area (Å²) in [6.45, 7) is 2.27. The molecule has 0 rings (SSSR count). The molecule has 0 aliphatic heterocycles. The lowest BCUT2D eigenvalue weighted by atomic mass is 9.91. The minimum atomic E-state index is 0.0989. The molecule has 0 bridgehead atoms. The predicted octanol–water partition coefficient (Wildman–Crippen LogP) is -0.00420. The minimum absolute atomic E-state index is 0.0989. The van der Waals surface area contributed by atoms with E-state index in [-0.39, 0.29) is 31.7 Å². The Labute approximate surface area is 67.7 Å². The lowest BCUT2D eigenvalue weighted by Gasteiger charge is -2.18. The Kier molecular flexibility index (Phi) is 6.51. The van der Waals surface area contributed by atoms with E-state index in [1.807, 2.05) is 6.92 Å². The van der Waals surface area contributed by atoms with Crippen LogP contribution in [0.25, 0.3) is 0 Å². The highest BCUT2D eigenvalue weighted by molar-refractivity contribution is 4.64. The molecule has 0 aromatic heterocycles. The van der Waals surface area contributed by atoms with E-state index >= 15 is 0 Å². The summed E-state index contributed by atoms with van der Waals surface area (Å²) in [5, 5.41) is 26.1. The van der Waals surface area contributed by atoms with E-state index in [0.29, 0.717) is 6.42 Å². The summed E-state index contributed by atoms with van der Waals surface area (Å²) in [4.78, 5) is 0. The SMILES string of the molecule is CC(CO)C(CO)CCCO. The lowest BCUT2D eigenvalue weighted by molar-refractivity contribution is 0.117. The van der Waals surface area contributed by atoms with Gasteiger partial charge < -0.3 is 15.3 Å². The minimum Gasteiger partial charge on any atom is -0.396 e. The van der Waals surface area contributed by atoms with Crippen LogP contribution in [0.5, 0.6) is 0 Å². The number of rotatable bonds is 6. The van der Waals surface area contributed by atoms with Crippen molar-refractivity contribution >= 4 is 0 Å². The van der Waals surface area contributed by atoms with Gasteiger partial charge in [-0.2, -0.15) is 0 Å². The molecule has 3 N–H and O–H groups in total. The largest absolute Gasteiger partial charge is 0.396 e. The Morgan fingerprint density at radius 3 is 2.09 bits per heavy atom.